The highest BCUT2D eigenvalue weighted by Gasteiger charge is 2.30. The minimum absolute atomic E-state index is 0.0646. The normalized spacial score (nSPS) is 19.4. The summed E-state index contributed by atoms with van der Waals surface area (Å²) in [5.41, 5.74) is 2.79. The van der Waals surface area contributed by atoms with E-state index in [-0.39, 0.29) is 12.2 Å². The van der Waals surface area contributed by atoms with Crippen LogP contribution in [0.25, 0.3) is 0 Å². The van der Waals surface area contributed by atoms with Gasteiger partial charge in [0.1, 0.15) is 5.75 Å². The Morgan fingerprint density at radius 2 is 1.94 bits per heavy atom. The molecule has 2 aliphatic heterocycles. The fraction of sp³-hybridized carbons (Fsp3) is 0.538. The Labute approximate surface area is 199 Å². The van der Waals surface area contributed by atoms with Gasteiger partial charge in [-0.05, 0) is 85.9 Å². The Kier molecular flexibility index (Phi) is 7.82. The average Bonchev–Trinajstić information content (AvgIpc) is 2.83. The number of nitrogens with zero attached hydrogens (tertiary/aromatic N) is 1. The molecule has 1 atom stereocenters. The van der Waals surface area contributed by atoms with Crippen LogP contribution in [0.15, 0.2) is 41.3 Å². The monoisotopic (exact) mass is 477 g/mol. The lowest BCUT2D eigenvalue weighted by atomic mass is 9.94. The fourth-order valence-electron chi connectivity index (χ4n) is 4.51. The first-order valence-corrected chi connectivity index (χ1v) is 12.6. The number of halogens is 2. The third-order valence-corrected chi connectivity index (χ3v) is 7.75. The van der Waals surface area contributed by atoms with Crippen molar-refractivity contribution in [2.45, 2.75) is 69.4 Å². The fourth-order valence-corrected chi connectivity index (χ4v) is 5.75. The van der Waals surface area contributed by atoms with E-state index in [1.807, 2.05) is 24.3 Å². The Hall–Kier alpha value is -1.83. The first-order valence-electron chi connectivity index (χ1n) is 11.8. The maximum atomic E-state index is 13.9. The molecule has 1 saturated heterocycles. The van der Waals surface area contributed by atoms with Crippen molar-refractivity contribution < 1.29 is 23.4 Å². The lowest BCUT2D eigenvalue weighted by molar-refractivity contribution is 0.0174. The zero-order valence-corrected chi connectivity index (χ0v) is 20.2. The van der Waals surface area contributed by atoms with E-state index in [9.17, 15) is 13.9 Å². The minimum Gasteiger partial charge on any atom is -0.493 e. The van der Waals surface area contributed by atoms with Gasteiger partial charge in [0.05, 0.1) is 18.9 Å². The second-order valence-corrected chi connectivity index (χ2v) is 10.1. The summed E-state index contributed by atoms with van der Waals surface area (Å²) in [5.74, 6) is -1.64. The quantitative estimate of drug-likeness (QED) is 0.450. The second kappa shape index (κ2) is 10.6. The van der Waals surface area contributed by atoms with Crippen LogP contribution in [0.5, 0.6) is 5.75 Å². The number of hydrogen-bond donors (Lipinski definition) is 1. The summed E-state index contributed by atoms with van der Waals surface area (Å²) in [7, 11) is 0. The van der Waals surface area contributed by atoms with Crippen molar-refractivity contribution in [3.63, 3.8) is 0 Å². The number of hydrogen-bond acceptors (Lipinski definition) is 5. The SMILES string of the molecule is CC[C@H]1CCc2cc(C(C)(F)F)ccc2N1Sc1ccc(OCC2CCOCC2)c(CO)c1. The number of alkyl halides is 2. The van der Waals surface area contributed by atoms with Gasteiger partial charge in [0.2, 0.25) is 0 Å². The number of fused-ring (bicyclic) bond motifs is 1. The van der Waals surface area contributed by atoms with Crippen molar-refractivity contribution in [3.8, 4) is 5.75 Å². The zero-order chi connectivity index (χ0) is 23.4. The largest absolute Gasteiger partial charge is 0.493 e. The lowest BCUT2D eigenvalue weighted by Crippen LogP contribution is -2.33. The third-order valence-electron chi connectivity index (χ3n) is 6.60. The molecule has 2 aliphatic rings. The van der Waals surface area contributed by atoms with Gasteiger partial charge in [-0.2, -0.15) is 0 Å². The van der Waals surface area contributed by atoms with E-state index < -0.39 is 5.92 Å². The van der Waals surface area contributed by atoms with Crippen LogP contribution in [0.3, 0.4) is 0 Å². The average molecular weight is 478 g/mol. The first-order chi connectivity index (χ1) is 15.9. The van der Waals surface area contributed by atoms with Crippen LogP contribution in [0.2, 0.25) is 0 Å². The van der Waals surface area contributed by atoms with Crippen molar-refractivity contribution in [1.82, 2.24) is 0 Å². The highest BCUT2D eigenvalue weighted by Crippen LogP contribution is 2.42. The molecule has 2 aromatic rings. The van der Waals surface area contributed by atoms with Gasteiger partial charge >= 0.3 is 0 Å². The summed E-state index contributed by atoms with van der Waals surface area (Å²) in [5, 5.41) is 9.95. The molecule has 33 heavy (non-hydrogen) atoms. The maximum absolute atomic E-state index is 13.9. The standard InChI is InChI=1S/C26H33F2NO3S/c1-3-22-6-4-19-14-21(26(2,27)28)5-8-24(19)29(22)33-23-7-9-25(20(15-23)16-30)32-17-18-10-12-31-13-11-18/h5,7-9,14-15,18,22,30H,3-4,6,10-13,16-17H2,1-2H3/t22-/m0/s1. The van der Waals surface area contributed by atoms with Crippen molar-refractivity contribution >= 4 is 17.6 Å². The lowest BCUT2D eigenvalue weighted by Gasteiger charge is -2.38. The van der Waals surface area contributed by atoms with E-state index in [2.05, 4.69) is 11.2 Å². The van der Waals surface area contributed by atoms with Crippen LogP contribution in [0, 0.1) is 5.92 Å². The van der Waals surface area contributed by atoms with Gasteiger partial charge in [0.15, 0.2) is 0 Å². The molecule has 0 bridgehead atoms. The summed E-state index contributed by atoms with van der Waals surface area (Å²) in [4.78, 5) is 0.994. The molecule has 180 valence electrons. The number of benzene rings is 2. The summed E-state index contributed by atoms with van der Waals surface area (Å²) < 4.78 is 41.4. The number of rotatable bonds is 8. The predicted octanol–water partition coefficient (Wildman–Crippen LogP) is 6.33. The second-order valence-electron chi connectivity index (χ2n) is 9.04. The summed E-state index contributed by atoms with van der Waals surface area (Å²) in [6.07, 6.45) is 4.70. The maximum Gasteiger partial charge on any atom is 0.270 e. The van der Waals surface area contributed by atoms with E-state index in [0.717, 1.165) is 74.0 Å². The minimum atomic E-state index is -2.84. The molecule has 0 unspecified atom stereocenters. The predicted molar refractivity (Wildman–Crippen MR) is 128 cm³/mol. The van der Waals surface area contributed by atoms with Crippen LogP contribution in [0.4, 0.5) is 14.5 Å². The van der Waals surface area contributed by atoms with Crippen LogP contribution in [-0.4, -0.2) is 31.0 Å². The van der Waals surface area contributed by atoms with Crippen molar-refractivity contribution in [3.05, 3.63) is 53.1 Å². The molecular formula is C26H33F2NO3S. The number of ether oxygens (including phenoxy) is 2. The molecule has 7 heteroatoms. The van der Waals surface area contributed by atoms with Crippen LogP contribution in [-0.2, 0) is 23.7 Å². The highest BCUT2D eigenvalue weighted by molar-refractivity contribution is 8.00. The molecular weight excluding hydrogens is 444 g/mol. The molecule has 0 aromatic heterocycles. The molecule has 4 nitrogen and oxygen atoms in total. The molecule has 0 aliphatic carbocycles. The van der Waals surface area contributed by atoms with E-state index in [1.165, 1.54) is 6.07 Å². The van der Waals surface area contributed by atoms with E-state index >= 15 is 0 Å². The molecule has 2 aromatic carbocycles. The van der Waals surface area contributed by atoms with E-state index in [0.29, 0.717) is 24.3 Å². The molecule has 0 radical (unpaired) electrons. The summed E-state index contributed by atoms with van der Waals surface area (Å²) in [6, 6.07) is 11.3. The molecule has 2 heterocycles. The van der Waals surface area contributed by atoms with Gasteiger partial charge in [-0.3, -0.25) is 0 Å². The number of aliphatic hydroxyl groups is 1. The van der Waals surface area contributed by atoms with E-state index in [1.54, 1.807) is 18.0 Å². The molecule has 0 saturated carbocycles. The molecule has 4 rings (SSSR count). The van der Waals surface area contributed by atoms with Crippen molar-refractivity contribution in [2.24, 2.45) is 5.92 Å². The molecule has 0 amide bonds. The number of aliphatic hydroxyl groups excluding tert-OH is 1. The van der Waals surface area contributed by atoms with Gasteiger partial charge in [-0.1, -0.05) is 13.0 Å². The van der Waals surface area contributed by atoms with Crippen LogP contribution in [0.1, 0.15) is 56.2 Å². The van der Waals surface area contributed by atoms with Gasteiger partial charge in [0, 0.05) is 42.2 Å². The van der Waals surface area contributed by atoms with Crippen LogP contribution >= 0.6 is 11.9 Å². The molecule has 0 spiro atoms. The molecule has 1 fully saturated rings. The Morgan fingerprint density at radius 1 is 1.15 bits per heavy atom. The summed E-state index contributed by atoms with van der Waals surface area (Å²) >= 11 is 1.60. The zero-order valence-electron chi connectivity index (χ0n) is 19.4. The number of aryl methyl sites for hydroxylation is 1. The third kappa shape index (κ3) is 5.81. The smallest absolute Gasteiger partial charge is 0.270 e. The van der Waals surface area contributed by atoms with Gasteiger partial charge < -0.3 is 18.9 Å². The van der Waals surface area contributed by atoms with Crippen molar-refractivity contribution in [2.75, 3.05) is 24.1 Å². The highest BCUT2D eigenvalue weighted by atomic mass is 32.2. The van der Waals surface area contributed by atoms with Gasteiger partial charge in [-0.15, -0.1) is 0 Å². The van der Waals surface area contributed by atoms with Gasteiger partial charge in [-0.25, -0.2) is 8.78 Å². The summed E-state index contributed by atoms with van der Waals surface area (Å²) in [6.45, 7) is 5.20. The van der Waals surface area contributed by atoms with Gasteiger partial charge in [0.25, 0.3) is 5.92 Å². The van der Waals surface area contributed by atoms with Crippen LogP contribution < -0.4 is 9.04 Å². The number of anilines is 1. The van der Waals surface area contributed by atoms with E-state index in [4.69, 9.17) is 9.47 Å². The first kappa shape index (κ1) is 24.3. The molecule has 1 N–H and O–H groups in total. The Morgan fingerprint density at radius 3 is 2.64 bits per heavy atom. The van der Waals surface area contributed by atoms with Crippen molar-refractivity contribution in [1.29, 1.82) is 0 Å². The topological polar surface area (TPSA) is 41.9 Å². The Bertz CT molecular complexity index is 944. The Balaban J connectivity index is 1.52.